The number of anilines is 1. The number of ether oxygens (including phenoxy) is 1. The second-order valence-electron chi connectivity index (χ2n) is 7.38. The molecule has 0 aliphatic carbocycles. The fraction of sp³-hybridized carbons (Fsp3) is 0.167. The molecule has 0 aliphatic rings. The van der Waals surface area contributed by atoms with Crippen molar-refractivity contribution in [2.24, 2.45) is 0 Å². The summed E-state index contributed by atoms with van der Waals surface area (Å²) in [6.07, 6.45) is 1.57. The largest absolute Gasteiger partial charge is 0.486 e. The van der Waals surface area contributed by atoms with Gasteiger partial charge in [0.1, 0.15) is 18.1 Å². The highest BCUT2D eigenvalue weighted by Gasteiger charge is 2.16. The van der Waals surface area contributed by atoms with E-state index in [1.54, 1.807) is 48.5 Å². The van der Waals surface area contributed by atoms with Crippen molar-refractivity contribution in [3.63, 3.8) is 0 Å². The van der Waals surface area contributed by atoms with Crippen LogP contribution >= 0.6 is 11.3 Å². The minimum Gasteiger partial charge on any atom is -0.486 e. The van der Waals surface area contributed by atoms with Crippen molar-refractivity contribution in [2.45, 2.75) is 20.1 Å². The number of nitrogens with zero attached hydrogens (tertiary/aromatic N) is 3. The Morgan fingerprint density at radius 2 is 1.91 bits per heavy atom. The zero-order valence-corrected chi connectivity index (χ0v) is 19.0. The highest BCUT2D eigenvalue weighted by molar-refractivity contribution is 7.13. The minimum absolute atomic E-state index is 0.147. The van der Waals surface area contributed by atoms with Crippen LogP contribution in [0.4, 0.5) is 5.69 Å². The molecular weight excluding hydrogens is 440 g/mol. The Morgan fingerprint density at radius 3 is 2.64 bits per heavy atom. The van der Waals surface area contributed by atoms with Crippen LogP contribution in [0.5, 0.6) is 5.75 Å². The van der Waals surface area contributed by atoms with E-state index in [1.807, 2.05) is 37.3 Å². The number of carbonyl (C=O) groups is 2. The first kappa shape index (κ1) is 22.2. The fourth-order valence-electron chi connectivity index (χ4n) is 3.06. The number of hydrogen-bond donors (Lipinski definition) is 1. The number of rotatable bonds is 8. The van der Waals surface area contributed by atoms with E-state index in [4.69, 9.17) is 9.15 Å². The van der Waals surface area contributed by atoms with E-state index in [9.17, 15) is 9.59 Å². The van der Waals surface area contributed by atoms with Gasteiger partial charge in [0.15, 0.2) is 5.01 Å². The van der Waals surface area contributed by atoms with Gasteiger partial charge in [-0.15, -0.1) is 10.2 Å². The number of hydrogen-bond acceptors (Lipinski definition) is 7. The molecule has 0 radical (unpaired) electrons. The first-order valence-corrected chi connectivity index (χ1v) is 11.0. The van der Waals surface area contributed by atoms with Crippen LogP contribution in [-0.2, 0) is 13.2 Å². The molecule has 8 nitrogen and oxygen atoms in total. The monoisotopic (exact) mass is 462 g/mol. The molecule has 1 N–H and O–H groups in total. The molecule has 2 aromatic heterocycles. The van der Waals surface area contributed by atoms with Crippen LogP contribution in [0, 0.1) is 6.92 Å². The van der Waals surface area contributed by atoms with Crippen molar-refractivity contribution >= 4 is 28.8 Å². The third-order valence-corrected chi connectivity index (χ3v) is 5.62. The van der Waals surface area contributed by atoms with E-state index in [0.717, 1.165) is 11.3 Å². The summed E-state index contributed by atoms with van der Waals surface area (Å²) in [4.78, 5) is 26.7. The number of benzene rings is 2. The van der Waals surface area contributed by atoms with Gasteiger partial charge in [-0.05, 0) is 61.0 Å². The van der Waals surface area contributed by atoms with Gasteiger partial charge in [0.2, 0.25) is 5.01 Å². The Bertz CT molecular complexity index is 1240. The Kier molecular flexibility index (Phi) is 6.80. The van der Waals surface area contributed by atoms with Crippen molar-refractivity contribution in [3.05, 3.63) is 93.8 Å². The lowest BCUT2D eigenvalue weighted by Gasteiger charge is -2.16. The van der Waals surface area contributed by atoms with E-state index >= 15 is 0 Å². The fourth-order valence-corrected chi connectivity index (χ4v) is 3.71. The molecule has 0 saturated carbocycles. The van der Waals surface area contributed by atoms with Crippen LogP contribution in [0.2, 0.25) is 0 Å². The molecule has 2 heterocycles. The summed E-state index contributed by atoms with van der Waals surface area (Å²) in [5.41, 5.74) is 2.16. The van der Waals surface area contributed by atoms with E-state index < -0.39 is 0 Å². The molecule has 0 atom stereocenters. The number of amides is 2. The molecule has 0 unspecified atom stereocenters. The maximum absolute atomic E-state index is 12.6. The predicted octanol–water partition coefficient (Wildman–Crippen LogP) is 4.54. The molecule has 0 aliphatic heterocycles. The maximum atomic E-state index is 12.6. The quantitative estimate of drug-likeness (QED) is 0.413. The van der Waals surface area contributed by atoms with Crippen LogP contribution in [0.25, 0.3) is 0 Å². The maximum Gasteiger partial charge on any atom is 0.286 e. The molecule has 0 bridgehead atoms. The van der Waals surface area contributed by atoms with Crippen molar-refractivity contribution in [1.29, 1.82) is 0 Å². The Morgan fingerprint density at radius 1 is 1.09 bits per heavy atom. The topological polar surface area (TPSA) is 97.6 Å². The normalized spacial score (nSPS) is 10.6. The molecule has 0 fully saturated rings. The van der Waals surface area contributed by atoms with Gasteiger partial charge in [0, 0.05) is 18.3 Å². The lowest BCUT2D eigenvalue weighted by Crippen LogP contribution is -2.26. The summed E-state index contributed by atoms with van der Waals surface area (Å²) in [6.45, 7) is 2.59. The highest BCUT2D eigenvalue weighted by atomic mass is 32.1. The third kappa shape index (κ3) is 5.83. The summed E-state index contributed by atoms with van der Waals surface area (Å²) < 4.78 is 11.0. The summed E-state index contributed by atoms with van der Waals surface area (Å²) in [6, 6.07) is 18.0. The Hall–Kier alpha value is -3.98. The van der Waals surface area contributed by atoms with Crippen LogP contribution < -0.4 is 10.1 Å². The van der Waals surface area contributed by atoms with Gasteiger partial charge in [-0.25, -0.2) is 0 Å². The average Bonchev–Trinajstić information content (AvgIpc) is 3.50. The zero-order valence-electron chi connectivity index (χ0n) is 18.1. The number of nitrogens with one attached hydrogen (secondary N) is 1. The molecule has 9 heteroatoms. The van der Waals surface area contributed by atoms with E-state index in [2.05, 4.69) is 15.5 Å². The molecular formula is C24H22N4O4S. The van der Waals surface area contributed by atoms with Gasteiger partial charge >= 0.3 is 0 Å². The van der Waals surface area contributed by atoms with E-state index in [1.165, 1.54) is 11.3 Å². The molecule has 0 saturated heterocycles. The van der Waals surface area contributed by atoms with Gasteiger partial charge in [-0.2, -0.15) is 0 Å². The molecule has 4 aromatic rings. The van der Waals surface area contributed by atoms with Crippen molar-refractivity contribution in [1.82, 2.24) is 15.1 Å². The summed E-state index contributed by atoms with van der Waals surface area (Å²) in [5, 5.41) is 11.6. The smallest absolute Gasteiger partial charge is 0.286 e. The number of aryl methyl sites for hydroxylation is 1. The molecule has 168 valence electrons. The lowest BCUT2D eigenvalue weighted by molar-refractivity contribution is 0.0775. The van der Waals surface area contributed by atoms with Gasteiger partial charge in [0.05, 0.1) is 12.8 Å². The number of furan rings is 1. The molecule has 0 spiro atoms. The first-order valence-electron chi connectivity index (χ1n) is 10.2. The predicted molar refractivity (Wildman–Crippen MR) is 124 cm³/mol. The van der Waals surface area contributed by atoms with Gasteiger partial charge in [0.25, 0.3) is 11.8 Å². The number of aromatic nitrogens is 2. The minimum atomic E-state index is -0.372. The van der Waals surface area contributed by atoms with Crippen LogP contribution in [-0.4, -0.2) is 34.0 Å². The average molecular weight is 463 g/mol. The van der Waals surface area contributed by atoms with Crippen LogP contribution in [0.3, 0.4) is 0 Å². The second-order valence-corrected chi connectivity index (χ2v) is 8.44. The SMILES string of the molecule is Cc1cccc(OCc2nnc(C(=O)Nc3ccc(C(=O)N(C)Cc4ccco4)cc3)s2)c1. The van der Waals surface area contributed by atoms with Gasteiger partial charge < -0.3 is 19.4 Å². The zero-order chi connectivity index (χ0) is 23.2. The molecule has 2 aromatic carbocycles. The molecule has 4 rings (SSSR count). The van der Waals surface area contributed by atoms with Gasteiger partial charge in [-0.1, -0.05) is 23.5 Å². The van der Waals surface area contributed by atoms with E-state index in [0.29, 0.717) is 28.6 Å². The lowest BCUT2D eigenvalue weighted by atomic mass is 10.2. The first-order chi connectivity index (χ1) is 16.0. The standard InChI is InChI=1S/C24H22N4O4S/c1-16-5-3-6-19(13-16)32-15-21-26-27-23(33-21)22(29)25-18-10-8-17(9-11-18)24(30)28(2)14-20-7-4-12-31-20/h3-13H,14-15H2,1-2H3,(H,25,29). The van der Waals surface area contributed by atoms with Gasteiger partial charge in [-0.3, -0.25) is 9.59 Å². The van der Waals surface area contributed by atoms with Crippen molar-refractivity contribution in [3.8, 4) is 5.75 Å². The third-order valence-electron chi connectivity index (χ3n) is 4.72. The Balaban J connectivity index is 1.31. The van der Waals surface area contributed by atoms with E-state index in [-0.39, 0.29) is 23.4 Å². The van der Waals surface area contributed by atoms with Crippen LogP contribution in [0.1, 0.15) is 36.5 Å². The summed E-state index contributed by atoms with van der Waals surface area (Å²) >= 11 is 1.17. The Labute approximate surface area is 194 Å². The highest BCUT2D eigenvalue weighted by Crippen LogP contribution is 2.18. The van der Waals surface area contributed by atoms with Crippen LogP contribution in [0.15, 0.2) is 71.3 Å². The number of carbonyl (C=O) groups excluding carboxylic acids is 2. The van der Waals surface area contributed by atoms with Crippen molar-refractivity contribution in [2.75, 3.05) is 12.4 Å². The van der Waals surface area contributed by atoms with Crippen molar-refractivity contribution < 1.29 is 18.7 Å². The summed E-state index contributed by atoms with van der Waals surface area (Å²) in [7, 11) is 1.70. The molecule has 2 amide bonds. The summed E-state index contributed by atoms with van der Waals surface area (Å²) in [5.74, 6) is 0.922. The molecule has 33 heavy (non-hydrogen) atoms. The second kappa shape index (κ2) is 10.1.